The molecule has 1 fully saturated rings. The summed E-state index contributed by atoms with van der Waals surface area (Å²) >= 11 is 0. The number of carboxylic acids is 1. The lowest BCUT2D eigenvalue weighted by Gasteiger charge is -2.24. The van der Waals surface area contributed by atoms with Crippen LogP contribution in [0.1, 0.15) is 30.1 Å². The molecule has 1 saturated heterocycles. The molecule has 4 aromatic rings. The first-order chi connectivity index (χ1) is 14.0. The molecule has 0 spiro atoms. The van der Waals surface area contributed by atoms with Crippen LogP contribution in [0.2, 0.25) is 0 Å². The molecular formula is C22H18FN3O3. The molecule has 5 rings (SSSR count). The molecule has 3 heterocycles. The van der Waals surface area contributed by atoms with Crippen molar-refractivity contribution < 1.29 is 18.7 Å². The van der Waals surface area contributed by atoms with Gasteiger partial charge in [-0.3, -0.25) is 0 Å². The Balaban J connectivity index is 1.75. The van der Waals surface area contributed by atoms with Crippen LogP contribution in [0.5, 0.6) is 0 Å². The summed E-state index contributed by atoms with van der Waals surface area (Å²) in [5.74, 6) is -0.168. The molecule has 7 heteroatoms. The predicted octanol–water partition coefficient (Wildman–Crippen LogP) is 4.87. The van der Waals surface area contributed by atoms with Crippen molar-refractivity contribution in [2.24, 2.45) is 0 Å². The number of nitrogens with zero attached hydrogens (tertiary/aromatic N) is 3. The van der Waals surface area contributed by atoms with Crippen LogP contribution in [0.15, 0.2) is 46.9 Å². The van der Waals surface area contributed by atoms with E-state index in [-0.39, 0.29) is 17.4 Å². The van der Waals surface area contributed by atoms with Crippen molar-refractivity contribution >= 4 is 33.8 Å². The number of anilines is 1. The first kappa shape index (κ1) is 17.6. The molecule has 2 aromatic heterocycles. The molecule has 29 heavy (non-hydrogen) atoms. The Morgan fingerprint density at radius 2 is 2.03 bits per heavy atom. The maximum Gasteiger partial charge on any atom is 0.335 e. The lowest BCUT2D eigenvalue weighted by Crippen LogP contribution is -2.28. The normalized spacial score (nSPS) is 16.8. The number of aromatic carboxylic acids is 1. The van der Waals surface area contributed by atoms with Gasteiger partial charge in [0, 0.05) is 18.0 Å². The fraction of sp³-hybridized carbons (Fsp3) is 0.227. The van der Waals surface area contributed by atoms with E-state index in [0.717, 1.165) is 19.4 Å². The monoisotopic (exact) mass is 391 g/mol. The third-order valence-corrected chi connectivity index (χ3v) is 5.43. The van der Waals surface area contributed by atoms with Crippen LogP contribution in [0.25, 0.3) is 33.5 Å². The number of furan rings is 1. The number of hydrogen-bond donors (Lipinski definition) is 1. The highest BCUT2D eigenvalue weighted by Crippen LogP contribution is 2.36. The van der Waals surface area contributed by atoms with Crippen LogP contribution in [0.3, 0.4) is 0 Å². The zero-order chi connectivity index (χ0) is 20.1. The molecule has 0 unspecified atom stereocenters. The van der Waals surface area contributed by atoms with Crippen molar-refractivity contribution in [3.8, 4) is 11.5 Å². The number of benzene rings is 2. The lowest BCUT2D eigenvalue weighted by molar-refractivity contribution is 0.0697. The molecule has 0 radical (unpaired) electrons. The van der Waals surface area contributed by atoms with Gasteiger partial charge in [0.1, 0.15) is 17.1 Å². The van der Waals surface area contributed by atoms with Gasteiger partial charge < -0.3 is 14.4 Å². The van der Waals surface area contributed by atoms with E-state index in [4.69, 9.17) is 14.4 Å². The molecule has 6 nitrogen and oxygen atoms in total. The second-order valence-electron chi connectivity index (χ2n) is 7.38. The van der Waals surface area contributed by atoms with Crippen LogP contribution in [-0.2, 0) is 0 Å². The molecule has 0 bridgehead atoms. The Labute approximate surface area is 165 Å². The highest BCUT2D eigenvalue weighted by Gasteiger charge is 2.27. The fourth-order valence-corrected chi connectivity index (χ4v) is 3.92. The van der Waals surface area contributed by atoms with Crippen LogP contribution in [0, 0.1) is 5.82 Å². The van der Waals surface area contributed by atoms with Gasteiger partial charge in [-0.05, 0) is 62.2 Å². The molecule has 1 N–H and O–H groups in total. The van der Waals surface area contributed by atoms with E-state index in [1.807, 2.05) is 0 Å². The SMILES string of the molecule is C[C@H]1CCCN1c1nc2cc(C(=O)O)ccc2nc1-c1cc2cc(F)ccc2o1. The Hall–Kier alpha value is -3.48. The Morgan fingerprint density at radius 1 is 1.17 bits per heavy atom. The highest BCUT2D eigenvalue weighted by atomic mass is 19.1. The van der Waals surface area contributed by atoms with Crippen molar-refractivity contribution in [3.05, 3.63) is 53.8 Å². The average molecular weight is 391 g/mol. The van der Waals surface area contributed by atoms with Gasteiger partial charge in [-0.2, -0.15) is 0 Å². The summed E-state index contributed by atoms with van der Waals surface area (Å²) in [4.78, 5) is 23.1. The number of halogens is 1. The third kappa shape index (κ3) is 2.99. The molecule has 146 valence electrons. The molecule has 0 saturated carbocycles. The molecule has 1 aliphatic rings. The van der Waals surface area contributed by atoms with E-state index >= 15 is 0 Å². The number of aromatic nitrogens is 2. The summed E-state index contributed by atoms with van der Waals surface area (Å²) in [6.45, 7) is 2.96. The molecule has 1 atom stereocenters. The zero-order valence-electron chi connectivity index (χ0n) is 15.7. The molecule has 0 amide bonds. The molecular weight excluding hydrogens is 373 g/mol. The van der Waals surface area contributed by atoms with Gasteiger partial charge in [-0.1, -0.05) is 0 Å². The van der Waals surface area contributed by atoms with E-state index in [1.165, 1.54) is 24.3 Å². The summed E-state index contributed by atoms with van der Waals surface area (Å²) in [6.07, 6.45) is 2.08. The van der Waals surface area contributed by atoms with Gasteiger partial charge in [-0.25, -0.2) is 19.2 Å². The fourth-order valence-electron chi connectivity index (χ4n) is 3.92. The van der Waals surface area contributed by atoms with Crippen LogP contribution >= 0.6 is 0 Å². The van der Waals surface area contributed by atoms with Gasteiger partial charge >= 0.3 is 5.97 Å². The Bertz CT molecular complexity index is 1270. The van der Waals surface area contributed by atoms with Gasteiger partial charge in [0.15, 0.2) is 11.6 Å². The number of rotatable bonds is 3. The van der Waals surface area contributed by atoms with E-state index < -0.39 is 5.97 Å². The van der Waals surface area contributed by atoms with Crippen molar-refractivity contribution in [1.29, 1.82) is 0 Å². The summed E-state index contributed by atoms with van der Waals surface area (Å²) in [5.41, 5.74) is 2.41. The van der Waals surface area contributed by atoms with E-state index in [1.54, 1.807) is 18.2 Å². The maximum atomic E-state index is 13.6. The van der Waals surface area contributed by atoms with E-state index in [0.29, 0.717) is 39.3 Å². The molecule has 2 aromatic carbocycles. The first-order valence-corrected chi connectivity index (χ1v) is 9.51. The van der Waals surface area contributed by atoms with Crippen molar-refractivity contribution in [2.75, 3.05) is 11.4 Å². The standard InChI is InChI=1S/C22H18FN3O3/c1-12-3-2-8-26(12)21-20(19-11-14-9-15(23)5-7-18(14)29-19)24-16-6-4-13(22(27)28)10-17(16)25-21/h4-7,9-12H,2-3,8H2,1H3,(H,27,28)/t12-/m0/s1. The molecule has 0 aliphatic carbocycles. The van der Waals surface area contributed by atoms with Crippen LogP contribution in [0.4, 0.5) is 10.2 Å². The third-order valence-electron chi connectivity index (χ3n) is 5.43. The lowest BCUT2D eigenvalue weighted by atomic mass is 10.1. The van der Waals surface area contributed by atoms with Crippen LogP contribution in [-0.4, -0.2) is 33.6 Å². The molecule has 1 aliphatic heterocycles. The van der Waals surface area contributed by atoms with Crippen molar-refractivity contribution in [1.82, 2.24) is 9.97 Å². The van der Waals surface area contributed by atoms with Gasteiger partial charge in [-0.15, -0.1) is 0 Å². The second-order valence-corrected chi connectivity index (χ2v) is 7.38. The maximum absolute atomic E-state index is 13.6. The quantitative estimate of drug-likeness (QED) is 0.537. The average Bonchev–Trinajstić information content (AvgIpc) is 3.31. The Kier molecular flexibility index (Phi) is 3.97. The smallest absolute Gasteiger partial charge is 0.335 e. The number of carboxylic acid groups (broad SMARTS) is 1. The summed E-state index contributed by atoms with van der Waals surface area (Å²) in [7, 11) is 0. The van der Waals surface area contributed by atoms with Gasteiger partial charge in [0.2, 0.25) is 0 Å². The summed E-state index contributed by atoms with van der Waals surface area (Å²) < 4.78 is 19.6. The topological polar surface area (TPSA) is 79.5 Å². The number of hydrogen-bond acceptors (Lipinski definition) is 5. The summed E-state index contributed by atoms with van der Waals surface area (Å²) in [6, 6.07) is 11.1. The van der Waals surface area contributed by atoms with E-state index in [2.05, 4.69) is 11.8 Å². The highest BCUT2D eigenvalue weighted by molar-refractivity contribution is 5.94. The van der Waals surface area contributed by atoms with Gasteiger partial charge in [0.05, 0.1) is 16.6 Å². The Morgan fingerprint density at radius 3 is 2.79 bits per heavy atom. The van der Waals surface area contributed by atoms with Crippen molar-refractivity contribution in [3.63, 3.8) is 0 Å². The largest absolute Gasteiger partial charge is 0.478 e. The summed E-state index contributed by atoms with van der Waals surface area (Å²) in [5, 5.41) is 9.95. The minimum Gasteiger partial charge on any atom is -0.478 e. The van der Waals surface area contributed by atoms with Gasteiger partial charge in [0.25, 0.3) is 0 Å². The minimum atomic E-state index is -1.01. The zero-order valence-corrected chi connectivity index (χ0v) is 15.7. The van der Waals surface area contributed by atoms with E-state index in [9.17, 15) is 14.3 Å². The predicted molar refractivity (Wildman–Crippen MR) is 108 cm³/mol. The van der Waals surface area contributed by atoms with Crippen molar-refractivity contribution in [2.45, 2.75) is 25.8 Å². The van der Waals surface area contributed by atoms with Crippen LogP contribution < -0.4 is 4.90 Å². The minimum absolute atomic E-state index is 0.166. The number of carbonyl (C=O) groups is 1. The second kappa shape index (κ2) is 6.55. The first-order valence-electron chi connectivity index (χ1n) is 9.51. The number of fused-ring (bicyclic) bond motifs is 2.